The molecule has 2 atom stereocenters. The Morgan fingerprint density at radius 3 is 2.41 bits per heavy atom. The first-order valence-electron chi connectivity index (χ1n) is 5.51. The number of benzene rings is 1. The number of halogens is 3. The van der Waals surface area contributed by atoms with E-state index in [2.05, 4.69) is 0 Å². The fraction of sp³-hybridized carbons (Fsp3) is 0.500. The fourth-order valence-electron chi connectivity index (χ4n) is 2.11. The van der Waals surface area contributed by atoms with Gasteiger partial charge < -0.3 is 10.5 Å². The molecule has 1 heterocycles. The van der Waals surface area contributed by atoms with Crippen molar-refractivity contribution in [3.05, 3.63) is 35.4 Å². The van der Waals surface area contributed by atoms with Gasteiger partial charge in [-0.05, 0) is 30.7 Å². The number of ether oxygens (including phenoxy) is 1. The van der Waals surface area contributed by atoms with Crippen LogP contribution < -0.4 is 5.73 Å². The zero-order valence-electron chi connectivity index (χ0n) is 9.20. The molecule has 2 nitrogen and oxygen atoms in total. The first kappa shape index (κ1) is 12.4. The number of nitrogens with two attached hydrogens (primary N) is 1. The van der Waals surface area contributed by atoms with Crippen molar-refractivity contribution in [3.63, 3.8) is 0 Å². The van der Waals surface area contributed by atoms with Crippen LogP contribution in [0.4, 0.5) is 13.2 Å². The highest BCUT2D eigenvalue weighted by Crippen LogP contribution is 2.35. The van der Waals surface area contributed by atoms with Crippen molar-refractivity contribution in [1.29, 1.82) is 0 Å². The van der Waals surface area contributed by atoms with Gasteiger partial charge in [-0.15, -0.1) is 0 Å². The molecule has 0 aliphatic carbocycles. The van der Waals surface area contributed by atoms with Gasteiger partial charge in [0.05, 0.1) is 11.7 Å². The van der Waals surface area contributed by atoms with Crippen molar-refractivity contribution < 1.29 is 17.9 Å². The molecule has 0 aromatic heterocycles. The van der Waals surface area contributed by atoms with Gasteiger partial charge in [0.2, 0.25) is 0 Å². The number of alkyl halides is 3. The first-order valence-corrected chi connectivity index (χ1v) is 5.51. The zero-order chi connectivity index (χ0) is 12.5. The molecule has 94 valence electrons. The predicted octanol–water partition coefficient (Wildman–Crippen LogP) is 2.74. The monoisotopic (exact) mass is 245 g/mol. The summed E-state index contributed by atoms with van der Waals surface area (Å²) in [5.41, 5.74) is 5.73. The van der Waals surface area contributed by atoms with Gasteiger partial charge in [0, 0.05) is 12.5 Å². The van der Waals surface area contributed by atoms with Crippen molar-refractivity contribution in [2.45, 2.75) is 18.7 Å². The lowest BCUT2D eigenvalue weighted by Gasteiger charge is -2.17. The van der Waals surface area contributed by atoms with E-state index in [1.807, 2.05) is 0 Å². The Kier molecular flexibility index (Phi) is 3.40. The minimum absolute atomic E-state index is 0.165. The molecule has 17 heavy (non-hydrogen) atoms. The smallest absolute Gasteiger partial charge is 0.373 e. The second-order valence-electron chi connectivity index (χ2n) is 4.20. The van der Waals surface area contributed by atoms with E-state index in [4.69, 9.17) is 10.5 Å². The molecule has 1 aromatic rings. The van der Waals surface area contributed by atoms with Crippen LogP contribution >= 0.6 is 0 Å². The number of rotatable bonds is 2. The molecule has 0 amide bonds. The van der Waals surface area contributed by atoms with Crippen LogP contribution in [0.5, 0.6) is 0 Å². The van der Waals surface area contributed by atoms with Crippen LogP contribution in [-0.4, -0.2) is 13.2 Å². The van der Waals surface area contributed by atoms with Crippen LogP contribution in [0.25, 0.3) is 0 Å². The third-order valence-electron chi connectivity index (χ3n) is 3.08. The summed E-state index contributed by atoms with van der Waals surface area (Å²) < 4.78 is 42.7. The Balaban J connectivity index is 2.18. The van der Waals surface area contributed by atoms with Gasteiger partial charge in [-0.1, -0.05) is 12.1 Å². The molecular weight excluding hydrogens is 231 g/mol. The molecule has 2 N–H and O–H groups in total. The zero-order valence-corrected chi connectivity index (χ0v) is 9.20. The highest BCUT2D eigenvalue weighted by atomic mass is 19.4. The van der Waals surface area contributed by atoms with E-state index in [1.165, 1.54) is 12.1 Å². The molecule has 5 heteroatoms. The average Bonchev–Trinajstić information content (AvgIpc) is 2.76. The number of hydrogen-bond donors (Lipinski definition) is 1. The summed E-state index contributed by atoms with van der Waals surface area (Å²) in [6.45, 7) is 1.11. The van der Waals surface area contributed by atoms with Crippen molar-refractivity contribution in [2.75, 3.05) is 13.2 Å². The quantitative estimate of drug-likeness (QED) is 0.869. The Bertz CT molecular complexity index is 374. The van der Waals surface area contributed by atoms with Crippen LogP contribution in [0.15, 0.2) is 24.3 Å². The summed E-state index contributed by atoms with van der Waals surface area (Å²) in [4.78, 5) is 0. The fourth-order valence-corrected chi connectivity index (χ4v) is 2.11. The van der Waals surface area contributed by atoms with Crippen molar-refractivity contribution in [3.8, 4) is 0 Å². The minimum atomic E-state index is -4.29. The molecule has 1 aliphatic heterocycles. The largest absolute Gasteiger partial charge is 0.416 e. The molecule has 0 saturated carbocycles. The lowest BCUT2D eigenvalue weighted by Crippen LogP contribution is -2.18. The Morgan fingerprint density at radius 2 is 1.88 bits per heavy atom. The standard InChI is InChI=1S/C12H14F3NO/c13-12(14,15)10-3-1-8(2-4-10)11-9(7-16)5-6-17-11/h1-4,9,11H,5-7,16H2. The van der Waals surface area contributed by atoms with Gasteiger partial charge in [-0.3, -0.25) is 0 Å². The average molecular weight is 245 g/mol. The van der Waals surface area contributed by atoms with E-state index in [-0.39, 0.29) is 12.0 Å². The maximum Gasteiger partial charge on any atom is 0.416 e. The predicted molar refractivity (Wildman–Crippen MR) is 57.3 cm³/mol. The molecule has 2 rings (SSSR count). The molecule has 0 radical (unpaired) electrons. The second kappa shape index (κ2) is 4.66. The summed E-state index contributed by atoms with van der Waals surface area (Å²) in [7, 11) is 0. The SMILES string of the molecule is NCC1CCOC1c1ccc(C(F)(F)F)cc1. The van der Waals surface area contributed by atoms with E-state index >= 15 is 0 Å². The molecule has 1 saturated heterocycles. The van der Waals surface area contributed by atoms with E-state index in [9.17, 15) is 13.2 Å². The molecule has 1 fully saturated rings. The maximum absolute atomic E-state index is 12.4. The summed E-state index contributed by atoms with van der Waals surface area (Å²) in [6.07, 6.45) is -3.59. The van der Waals surface area contributed by atoms with Crippen molar-refractivity contribution >= 4 is 0 Å². The van der Waals surface area contributed by atoms with Gasteiger partial charge in [0.25, 0.3) is 0 Å². The molecule has 1 aromatic carbocycles. The number of hydrogen-bond acceptors (Lipinski definition) is 2. The highest BCUT2D eigenvalue weighted by molar-refractivity contribution is 5.27. The lowest BCUT2D eigenvalue weighted by molar-refractivity contribution is -0.137. The van der Waals surface area contributed by atoms with E-state index in [1.54, 1.807) is 0 Å². The summed E-state index contributed by atoms with van der Waals surface area (Å²) in [5.74, 6) is 0.201. The van der Waals surface area contributed by atoms with Gasteiger partial charge >= 0.3 is 6.18 Å². The topological polar surface area (TPSA) is 35.2 Å². The van der Waals surface area contributed by atoms with Crippen molar-refractivity contribution in [2.24, 2.45) is 11.7 Å². The molecule has 2 unspecified atom stereocenters. The van der Waals surface area contributed by atoms with E-state index < -0.39 is 11.7 Å². The Hall–Kier alpha value is -1.07. The lowest BCUT2D eigenvalue weighted by atomic mass is 9.95. The summed E-state index contributed by atoms with van der Waals surface area (Å²) >= 11 is 0. The van der Waals surface area contributed by atoms with Crippen LogP contribution in [0.3, 0.4) is 0 Å². The third kappa shape index (κ3) is 2.61. The van der Waals surface area contributed by atoms with Gasteiger partial charge in [-0.25, -0.2) is 0 Å². The van der Waals surface area contributed by atoms with Gasteiger partial charge in [0.1, 0.15) is 0 Å². The maximum atomic E-state index is 12.4. The molecule has 0 spiro atoms. The van der Waals surface area contributed by atoms with E-state index in [0.29, 0.717) is 13.2 Å². The van der Waals surface area contributed by atoms with Crippen molar-refractivity contribution in [1.82, 2.24) is 0 Å². The normalized spacial score (nSPS) is 25.2. The molecular formula is C12H14F3NO. The van der Waals surface area contributed by atoms with Gasteiger partial charge in [0.15, 0.2) is 0 Å². The van der Waals surface area contributed by atoms with Crippen LogP contribution in [0.1, 0.15) is 23.7 Å². The van der Waals surface area contributed by atoms with E-state index in [0.717, 1.165) is 24.1 Å². The molecule has 0 bridgehead atoms. The first-order chi connectivity index (χ1) is 8.02. The second-order valence-corrected chi connectivity index (χ2v) is 4.20. The van der Waals surface area contributed by atoms with Crippen LogP contribution in [0.2, 0.25) is 0 Å². The third-order valence-corrected chi connectivity index (χ3v) is 3.08. The minimum Gasteiger partial charge on any atom is -0.373 e. The Morgan fingerprint density at radius 1 is 1.24 bits per heavy atom. The highest BCUT2D eigenvalue weighted by Gasteiger charge is 2.32. The summed E-state index contributed by atoms with van der Waals surface area (Å²) in [6, 6.07) is 5.12. The Labute approximate surface area is 97.6 Å². The van der Waals surface area contributed by atoms with Crippen LogP contribution in [-0.2, 0) is 10.9 Å². The van der Waals surface area contributed by atoms with Crippen LogP contribution in [0, 0.1) is 5.92 Å². The van der Waals surface area contributed by atoms with Gasteiger partial charge in [-0.2, -0.15) is 13.2 Å². The summed E-state index contributed by atoms with van der Waals surface area (Å²) in [5, 5.41) is 0. The molecule has 1 aliphatic rings.